The molecule has 1 rings (SSSR count). The summed E-state index contributed by atoms with van der Waals surface area (Å²) in [6.45, 7) is 3.96. The second-order valence-electron chi connectivity index (χ2n) is 1.60. The van der Waals surface area contributed by atoms with Gasteiger partial charge in [0.2, 0.25) is 0 Å². The first kappa shape index (κ1) is 4.09. The average molecular weight is 88.1 g/mol. The molecule has 0 radical (unpaired) electrons. The van der Waals surface area contributed by atoms with Crippen LogP contribution in [0.3, 0.4) is 0 Å². The van der Waals surface area contributed by atoms with Gasteiger partial charge in [0.15, 0.2) is 0 Å². The van der Waals surface area contributed by atoms with Crippen LogP contribution in [0.2, 0.25) is 0 Å². The molecule has 1 heterocycles. The van der Waals surface area contributed by atoms with E-state index in [2.05, 4.69) is 9.78 Å². The van der Waals surface area contributed by atoms with Crippen LogP contribution < -0.4 is 0 Å². The van der Waals surface area contributed by atoms with Gasteiger partial charge in [-0.3, -0.25) is 0 Å². The molecule has 0 aromatic heterocycles. The van der Waals surface area contributed by atoms with Crippen LogP contribution in [-0.4, -0.2) is 12.2 Å². The summed E-state index contributed by atoms with van der Waals surface area (Å²) in [6.07, 6.45) is 0.620. The summed E-state index contributed by atoms with van der Waals surface area (Å²) in [7, 11) is 0. The van der Waals surface area contributed by atoms with Crippen LogP contribution in [0.1, 0.15) is 13.8 Å². The molecule has 1 fully saturated rings. The van der Waals surface area contributed by atoms with Gasteiger partial charge in [0.05, 0.1) is 0 Å². The Morgan fingerprint density at radius 3 is 1.33 bits per heavy atom. The van der Waals surface area contributed by atoms with Gasteiger partial charge in [0.1, 0.15) is 12.2 Å². The molecule has 1 aliphatic heterocycles. The summed E-state index contributed by atoms with van der Waals surface area (Å²) >= 11 is 0. The van der Waals surface area contributed by atoms with Crippen molar-refractivity contribution in [1.82, 2.24) is 0 Å². The zero-order valence-corrected chi connectivity index (χ0v) is 3.97. The van der Waals surface area contributed by atoms with Crippen LogP contribution in [0.25, 0.3) is 0 Å². The SMILES string of the molecule is C[C@@H]1OO[C@H]1C. The third-order valence-corrected chi connectivity index (χ3v) is 1.02. The van der Waals surface area contributed by atoms with Crippen molar-refractivity contribution < 1.29 is 9.78 Å². The van der Waals surface area contributed by atoms with Crippen LogP contribution >= 0.6 is 0 Å². The van der Waals surface area contributed by atoms with Crippen molar-refractivity contribution in [3.63, 3.8) is 0 Å². The molecule has 0 unspecified atom stereocenters. The van der Waals surface area contributed by atoms with Crippen molar-refractivity contribution in [2.24, 2.45) is 0 Å². The second kappa shape index (κ2) is 1.21. The van der Waals surface area contributed by atoms with Crippen LogP contribution in [0.4, 0.5) is 0 Å². The van der Waals surface area contributed by atoms with E-state index in [1.54, 1.807) is 0 Å². The molecule has 0 bridgehead atoms. The van der Waals surface area contributed by atoms with E-state index in [1.165, 1.54) is 0 Å². The van der Waals surface area contributed by atoms with E-state index >= 15 is 0 Å². The molecule has 0 N–H and O–H groups in total. The predicted molar refractivity (Wildman–Crippen MR) is 21.1 cm³/mol. The molecule has 2 heteroatoms. The van der Waals surface area contributed by atoms with Crippen LogP contribution in [0, 0.1) is 0 Å². The third-order valence-electron chi connectivity index (χ3n) is 1.02. The fraction of sp³-hybridized carbons (Fsp3) is 1.00. The minimum absolute atomic E-state index is 0.310. The zero-order chi connectivity index (χ0) is 4.57. The maximum atomic E-state index is 4.54. The summed E-state index contributed by atoms with van der Waals surface area (Å²) in [5, 5.41) is 0. The molecule has 2 nitrogen and oxygen atoms in total. The second-order valence-corrected chi connectivity index (χ2v) is 1.60. The molecule has 1 saturated heterocycles. The monoisotopic (exact) mass is 88.1 g/mol. The van der Waals surface area contributed by atoms with Gasteiger partial charge in [-0.05, 0) is 13.8 Å². The lowest BCUT2D eigenvalue weighted by Gasteiger charge is -2.28. The minimum atomic E-state index is 0.310. The zero-order valence-electron chi connectivity index (χ0n) is 3.97. The van der Waals surface area contributed by atoms with Gasteiger partial charge in [-0.25, -0.2) is 9.78 Å². The molecular weight excluding hydrogens is 80.0 g/mol. The summed E-state index contributed by atoms with van der Waals surface area (Å²) < 4.78 is 0. The maximum Gasteiger partial charge on any atom is 0.119 e. The molecule has 2 atom stereocenters. The van der Waals surface area contributed by atoms with E-state index in [1.807, 2.05) is 13.8 Å². The fourth-order valence-electron chi connectivity index (χ4n) is 0.278. The van der Waals surface area contributed by atoms with Crippen molar-refractivity contribution in [2.75, 3.05) is 0 Å². The van der Waals surface area contributed by atoms with Crippen LogP contribution in [-0.2, 0) is 9.78 Å². The van der Waals surface area contributed by atoms with Gasteiger partial charge in [0, 0.05) is 0 Å². The van der Waals surface area contributed by atoms with E-state index in [4.69, 9.17) is 0 Å². The molecular formula is C4H8O2. The van der Waals surface area contributed by atoms with E-state index in [-0.39, 0.29) is 0 Å². The Balaban J connectivity index is 2.20. The normalized spacial score (nSPS) is 45.0. The summed E-state index contributed by atoms with van der Waals surface area (Å²) in [5.41, 5.74) is 0. The lowest BCUT2D eigenvalue weighted by molar-refractivity contribution is -0.455. The van der Waals surface area contributed by atoms with Gasteiger partial charge < -0.3 is 0 Å². The Hall–Kier alpha value is -0.0800. The van der Waals surface area contributed by atoms with Crippen LogP contribution in [0.5, 0.6) is 0 Å². The third kappa shape index (κ3) is 0.420. The van der Waals surface area contributed by atoms with Crippen molar-refractivity contribution in [1.29, 1.82) is 0 Å². The van der Waals surface area contributed by atoms with Crippen molar-refractivity contribution in [3.8, 4) is 0 Å². The first-order valence-electron chi connectivity index (χ1n) is 2.13. The Bertz CT molecular complexity index is 45.5. The van der Waals surface area contributed by atoms with E-state index < -0.39 is 0 Å². The topological polar surface area (TPSA) is 18.5 Å². The Morgan fingerprint density at radius 2 is 1.33 bits per heavy atom. The Kier molecular flexibility index (Phi) is 0.821. The van der Waals surface area contributed by atoms with Crippen molar-refractivity contribution >= 4 is 0 Å². The van der Waals surface area contributed by atoms with Gasteiger partial charge in [-0.1, -0.05) is 0 Å². The first-order valence-corrected chi connectivity index (χ1v) is 2.13. The number of hydrogen-bond acceptors (Lipinski definition) is 2. The van der Waals surface area contributed by atoms with E-state index in [0.29, 0.717) is 12.2 Å². The van der Waals surface area contributed by atoms with E-state index in [0.717, 1.165) is 0 Å². The Morgan fingerprint density at radius 1 is 1.00 bits per heavy atom. The molecule has 0 aliphatic carbocycles. The largest absolute Gasteiger partial charge is 0.230 e. The fourth-order valence-corrected chi connectivity index (χ4v) is 0.278. The van der Waals surface area contributed by atoms with Crippen molar-refractivity contribution in [2.45, 2.75) is 26.1 Å². The number of rotatable bonds is 0. The molecule has 0 aromatic carbocycles. The highest BCUT2D eigenvalue weighted by molar-refractivity contribution is 4.61. The quantitative estimate of drug-likeness (QED) is 0.406. The van der Waals surface area contributed by atoms with Gasteiger partial charge in [-0.15, -0.1) is 0 Å². The maximum absolute atomic E-state index is 4.54. The molecule has 36 valence electrons. The molecule has 0 amide bonds. The summed E-state index contributed by atoms with van der Waals surface area (Å²) in [6, 6.07) is 0. The summed E-state index contributed by atoms with van der Waals surface area (Å²) in [5.74, 6) is 0. The smallest absolute Gasteiger partial charge is 0.119 e. The first-order chi connectivity index (χ1) is 2.80. The predicted octanol–water partition coefficient (Wildman–Crippen LogP) is 0.725. The molecule has 6 heavy (non-hydrogen) atoms. The van der Waals surface area contributed by atoms with E-state index in [9.17, 15) is 0 Å². The summed E-state index contributed by atoms with van der Waals surface area (Å²) in [4.78, 5) is 9.09. The molecule has 0 aromatic rings. The minimum Gasteiger partial charge on any atom is -0.230 e. The standard InChI is InChI=1S/C4H8O2/c1-3-4(2)6-5-3/h3-4H,1-2H3/t3-,4-/m0/s1. The number of hydrogen-bond donors (Lipinski definition) is 0. The lowest BCUT2D eigenvalue weighted by Crippen LogP contribution is -2.37. The average Bonchev–Trinajstić information content (AvgIpc) is 1.61. The highest BCUT2D eigenvalue weighted by atomic mass is 17.2. The van der Waals surface area contributed by atoms with Crippen LogP contribution in [0.15, 0.2) is 0 Å². The van der Waals surface area contributed by atoms with Gasteiger partial charge in [-0.2, -0.15) is 0 Å². The molecule has 1 aliphatic rings. The van der Waals surface area contributed by atoms with Gasteiger partial charge >= 0.3 is 0 Å². The van der Waals surface area contributed by atoms with Gasteiger partial charge in [0.25, 0.3) is 0 Å². The Labute approximate surface area is 37.0 Å². The lowest BCUT2D eigenvalue weighted by atomic mass is 10.2. The highest BCUT2D eigenvalue weighted by Gasteiger charge is 2.24. The van der Waals surface area contributed by atoms with Crippen molar-refractivity contribution in [3.05, 3.63) is 0 Å². The highest BCUT2D eigenvalue weighted by Crippen LogP contribution is 2.13. The molecule has 0 saturated carbocycles. The molecule has 0 spiro atoms.